The third-order valence-corrected chi connectivity index (χ3v) is 4.47. The van der Waals surface area contributed by atoms with E-state index in [0.717, 1.165) is 5.56 Å². The van der Waals surface area contributed by atoms with Crippen molar-refractivity contribution in [3.05, 3.63) is 65.5 Å². The van der Waals surface area contributed by atoms with Crippen LogP contribution in [0.5, 0.6) is 0 Å². The molecule has 3 aromatic rings. The van der Waals surface area contributed by atoms with Crippen LogP contribution in [0.25, 0.3) is 0 Å². The second-order valence-electron chi connectivity index (χ2n) is 6.79. The molecule has 1 saturated heterocycles. The molecule has 0 atom stereocenters. The molecule has 0 amide bonds. The third kappa shape index (κ3) is 5.26. The highest BCUT2D eigenvalue weighted by Crippen LogP contribution is 2.19. The zero-order chi connectivity index (χ0) is 20.8. The number of nitrogens with one attached hydrogen (secondary N) is 2. The summed E-state index contributed by atoms with van der Waals surface area (Å²) in [7, 11) is 0. The lowest BCUT2D eigenvalue weighted by Gasteiger charge is -2.27. The van der Waals surface area contributed by atoms with Gasteiger partial charge in [-0.05, 0) is 36.8 Å². The van der Waals surface area contributed by atoms with Crippen molar-refractivity contribution in [2.24, 2.45) is 5.10 Å². The van der Waals surface area contributed by atoms with Gasteiger partial charge in [0.2, 0.25) is 17.8 Å². The monoisotopic (exact) mass is 407 g/mol. The second-order valence-corrected chi connectivity index (χ2v) is 6.79. The molecule has 1 aromatic heterocycles. The van der Waals surface area contributed by atoms with Gasteiger partial charge in [-0.25, -0.2) is 9.82 Å². The molecule has 9 heteroatoms. The van der Waals surface area contributed by atoms with Crippen LogP contribution in [0.1, 0.15) is 11.1 Å². The molecule has 2 aromatic carbocycles. The number of aromatic nitrogens is 3. The fourth-order valence-electron chi connectivity index (χ4n) is 2.85. The molecule has 4 rings (SSSR count). The van der Waals surface area contributed by atoms with Gasteiger partial charge in [-0.1, -0.05) is 29.8 Å². The number of hydrogen-bond donors (Lipinski definition) is 2. The lowest BCUT2D eigenvalue weighted by molar-refractivity contribution is 0.122. The fraction of sp³-hybridized carbons (Fsp3) is 0.238. The van der Waals surface area contributed by atoms with Gasteiger partial charge < -0.3 is 15.0 Å². The second kappa shape index (κ2) is 9.27. The van der Waals surface area contributed by atoms with Crippen molar-refractivity contribution in [2.45, 2.75) is 6.92 Å². The summed E-state index contributed by atoms with van der Waals surface area (Å²) < 4.78 is 18.6. The molecule has 2 N–H and O–H groups in total. The van der Waals surface area contributed by atoms with Gasteiger partial charge in [0.25, 0.3) is 0 Å². The standard InChI is InChI=1S/C21H22FN7O/c1-15-2-4-16(5-3-15)14-23-28-20-25-19(24-18-8-6-17(22)7-9-18)26-21(27-20)29-10-12-30-13-11-29/h2-9,14H,10-13H2,1H3,(H2,24,25,26,27,28)/b23-14+. The molecular formula is C21H22FN7O. The zero-order valence-electron chi connectivity index (χ0n) is 16.5. The fourth-order valence-corrected chi connectivity index (χ4v) is 2.85. The van der Waals surface area contributed by atoms with E-state index in [1.807, 2.05) is 36.1 Å². The third-order valence-electron chi connectivity index (χ3n) is 4.47. The highest BCUT2D eigenvalue weighted by molar-refractivity contribution is 5.80. The van der Waals surface area contributed by atoms with Crippen LogP contribution in [0, 0.1) is 12.7 Å². The van der Waals surface area contributed by atoms with Crippen molar-refractivity contribution in [1.29, 1.82) is 0 Å². The quantitative estimate of drug-likeness (QED) is 0.479. The largest absolute Gasteiger partial charge is 0.378 e. The summed E-state index contributed by atoms with van der Waals surface area (Å²) in [5.41, 5.74) is 5.69. The van der Waals surface area contributed by atoms with Crippen LogP contribution in [0.15, 0.2) is 53.6 Å². The molecule has 1 aliphatic heterocycles. The summed E-state index contributed by atoms with van der Waals surface area (Å²) in [5, 5.41) is 7.33. The predicted molar refractivity (Wildman–Crippen MR) is 115 cm³/mol. The van der Waals surface area contributed by atoms with Crippen LogP contribution in [0.2, 0.25) is 0 Å². The lowest BCUT2D eigenvalue weighted by Crippen LogP contribution is -2.37. The predicted octanol–water partition coefficient (Wildman–Crippen LogP) is 3.35. The van der Waals surface area contributed by atoms with Gasteiger partial charge in [-0.3, -0.25) is 0 Å². The molecule has 0 saturated carbocycles. The van der Waals surface area contributed by atoms with E-state index < -0.39 is 0 Å². The van der Waals surface area contributed by atoms with Crippen molar-refractivity contribution in [1.82, 2.24) is 15.0 Å². The van der Waals surface area contributed by atoms with Gasteiger partial charge in [0.05, 0.1) is 19.4 Å². The van der Waals surface area contributed by atoms with E-state index >= 15 is 0 Å². The van der Waals surface area contributed by atoms with Crippen LogP contribution >= 0.6 is 0 Å². The Labute approximate surface area is 173 Å². The number of anilines is 4. The maximum Gasteiger partial charge on any atom is 0.250 e. The maximum atomic E-state index is 13.2. The molecule has 0 radical (unpaired) electrons. The minimum absolute atomic E-state index is 0.305. The first-order valence-corrected chi connectivity index (χ1v) is 9.63. The number of benzene rings is 2. The normalized spacial score (nSPS) is 14.1. The number of hydrazone groups is 1. The van der Waals surface area contributed by atoms with Crippen LogP contribution in [-0.4, -0.2) is 47.5 Å². The van der Waals surface area contributed by atoms with Crippen LogP contribution in [-0.2, 0) is 4.74 Å². The molecule has 154 valence electrons. The number of ether oxygens (including phenoxy) is 1. The van der Waals surface area contributed by atoms with Crippen LogP contribution < -0.4 is 15.6 Å². The Hall–Kier alpha value is -3.59. The molecule has 8 nitrogen and oxygen atoms in total. The van der Waals surface area contributed by atoms with E-state index in [1.54, 1.807) is 18.3 Å². The first kappa shape index (κ1) is 19.7. The number of rotatable bonds is 6. The summed E-state index contributed by atoms with van der Waals surface area (Å²) in [6.07, 6.45) is 1.70. The number of hydrogen-bond acceptors (Lipinski definition) is 8. The smallest absolute Gasteiger partial charge is 0.250 e. The van der Waals surface area contributed by atoms with Gasteiger partial charge >= 0.3 is 0 Å². The van der Waals surface area contributed by atoms with Crippen LogP contribution in [0.3, 0.4) is 0 Å². The SMILES string of the molecule is Cc1ccc(/C=N/Nc2nc(Nc3ccc(F)cc3)nc(N3CCOCC3)n2)cc1. The van der Waals surface area contributed by atoms with Gasteiger partial charge in [-0.2, -0.15) is 20.1 Å². The molecule has 1 aliphatic rings. The van der Waals surface area contributed by atoms with E-state index in [9.17, 15) is 4.39 Å². The Balaban J connectivity index is 1.55. The number of aryl methyl sites for hydroxylation is 1. The van der Waals surface area contributed by atoms with Gasteiger partial charge in [-0.15, -0.1) is 0 Å². The Morgan fingerprint density at radius 2 is 1.67 bits per heavy atom. The summed E-state index contributed by atoms with van der Waals surface area (Å²) in [6.45, 7) is 4.63. The average Bonchev–Trinajstić information content (AvgIpc) is 2.77. The number of nitrogens with zero attached hydrogens (tertiary/aromatic N) is 5. The zero-order valence-corrected chi connectivity index (χ0v) is 16.5. The first-order valence-electron chi connectivity index (χ1n) is 9.63. The lowest BCUT2D eigenvalue weighted by atomic mass is 10.2. The Morgan fingerprint density at radius 3 is 2.40 bits per heavy atom. The van der Waals surface area contributed by atoms with Crippen molar-refractivity contribution in [3.63, 3.8) is 0 Å². The summed E-state index contributed by atoms with van der Waals surface area (Å²) in [4.78, 5) is 15.4. The van der Waals surface area contributed by atoms with E-state index in [0.29, 0.717) is 49.8 Å². The molecule has 30 heavy (non-hydrogen) atoms. The molecule has 0 unspecified atom stereocenters. The van der Waals surface area contributed by atoms with Crippen molar-refractivity contribution < 1.29 is 9.13 Å². The minimum atomic E-state index is -0.307. The highest BCUT2D eigenvalue weighted by Gasteiger charge is 2.16. The van der Waals surface area contributed by atoms with Gasteiger partial charge in [0.1, 0.15) is 5.82 Å². The molecular weight excluding hydrogens is 385 g/mol. The maximum absolute atomic E-state index is 13.2. The average molecular weight is 407 g/mol. The van der Waals surface area contributed by atoms with Gasteiger partial charge in [0.15, 0.2) is 0 Å². The molecule has 1 fully saturated rings. The molecule has 0 spiro atoms. The van der Waals surface area contributed by atoms with E-state index in [4.69, 9.17) is 4.74 Å². The van der Waals surface area contributed by atoms with E-state index in [-0.39, 0.29) is 5.82 Å². The van der Waals surface area contributed by atoms with Gasteiger partial charge in [0, 0.05) is 18.8 Å². The van der Waals surface area contributed by atoms with E-state index in [2.05, 4.69) is 30.8 Å². The first-order chi connectivity index (χ1) is 14.7. The van der Waals surface area contributed by atoms with Crippen molar-refractivity contribution >= 4 is 29.7 Å². The van der Waals surface area contributed by atoms with Crippen molar-refractivity contribution in [2.75, 3.05) is 41.9 Å². The van der Waals surface area contributed by atoms with E-state index in [1.165, 1.54) is 17.7 Å². The Kier molecular flexibility index (Phi) is 6.09. The number of halogens is 1. The number of morpholine rings is 1. The summed E-state index contributed by atoms with van der Waals surface area (Å²) in [6, 6.07) is 14.0. The Morgan fingerprint density at radius 1 is 0.967 bits per heavy atom. The molecule has 0 bridgehead atoms. The van der Waals surface area contributed by atoms with Crippen LogP contribution in [0.4, 0.5) is 27.9 Å². The summed E-state index contributed by atoms with van der Waals surface area (Å²) >= 11 is 0. The molecule has 2 heterocycles. The topological polar surface area (TPSA) is 87.6 Å². The highest BCUT2D eigenvalue weighted by atomic mass is 19.1. The summed E-state index contributed by atoms with van der Waals surface area (Å²) in [5.74, 6) is 0.856. The Bertz CT molecular complexity index is 1000. The molecule has 0 aliphatic carbocycles. The van der Waals surface area contributed by atoms with Crippen molar-refractivity contribution in [3.8, 4) is 0 Å². The minimum Gasteiger partial charge on any atom is -0.378 e.